The number of piperidine rings is 1. The summed E-state index contributed by atoms with van der Waals surface area (Å²) in [6.45, 7) is 6.36. The van der Waals surface area contributed by atoms with Crippen molar-refractivity contribution < 1.29 is 4.74 Å². The molecule has 2 rings (SSSR count). The maximum absolute atomic E-state index is 5.30. The highest BCUT2D eigenvalue weighted by Gasteiger charge is 2.35. The molecule has 1 heterocycles. The van der Waals surface area contributed by atoms with E-state index >= 15 is 0 Å². The van der Waals surface area contributed by atoms with E-state index in [2.05, 4.69) is 54.5 Å². The fourth-order valence-corrected chi connectivity index (χ4v) is 3.24. The molecule has 1 aliphatic rings. The van der Waals surface area contributed by atoms with E-state index in [1.807, 2.05) is 0 Å². The van der Waals surface area contributed by atoms with Crippen LogP contribution >= 0.6 is 0 Å². The highest BCUT2D eigenvalue weighted by Crippen LogP contribution is 2.34. The minimum Gasteiger partial charge on any atom is -0.383 e. The van der Waals surface area contributed by atoms with E-state index < -0.39 is 0 Å². The van der Waals surface area contributed by atoms with Gasteiger partial charge >= 0.3 is 0 Å². The van der Waals surface area contributed by atoms with Crippen LogP contribution in [0.3, 0.4) is 0 Å². The van der Waals surface area contributed by atoms with Crippen molar-refractivity contribution >= 4 is 0 Å². The van der Waals surface area contributed by atoms with Gasteiger partial charge in [0, 0.05) is 25.1 Å². The van der Waals surface area contributed by atoms with E-state index in [0.29, 0.717) is 6.04 Å². The third-order valence-electron chi connectivity index (χ3n) is 4.66. The Hall–Kier alpha value is -0.900. The van der Waals surface area contributed by atoms with Crippen LogP contribution in [0, 0.1) is 0 Å². The molecule has 1 saturated heterocycles. The van der Waals surface area contributed by atoms with Crippen LogP contribution in [0.1, 0.15) is 25.3 Å². The minimum atomic E-state index is 0.281. The summed E-state index contributed by atoms with van der Waals surface area (Å²) in [6.07, 6.45) is 2.42. The summed E-state index contributed by atoms with van der Waals surface area (Å²) < 4.78 is 5.30. The van der Waals surface area contributed by atoms with Gasteiger partial charge in [-0.2, -0.15) is 0 Å². The summed E-state index contributed by atoms with van der Waals surface area (Å²) >= 11 is 0. The topological polar surface area (TPSA) is 24.5 Å². The van der Waals surface area contributed by atoms with Crippen LogP contribution in [0.2, 0.25) is 0 Å². The van der Waals surface area contributed by atoms with Crippen LogP contribution in [0.5, 0.6) is 0 Å². The first-order valence-corrected chi connectivity index (χ1v) is 7.63. The van der Waals surface area contributed by atoms with E-state index in [9.17, 15) is 0 Å². The number of likely N-dealkylation sites (N-methyl/N-ethyl adjacent to an activating group) is 1. The minimum absolute atomic E-state index is 0.281. The summed E-state index contributed by atoms with van der Waals surface area (Å²) in [4.78, 5) is 2.45. The second-order valence-corrected chi connectivity index (χ2v) is 6.12. The molecule has 3 heteroatoms. The van der Waals surface area contributed by atoms with Gasteiger partial charge in [-0.05, 0) is 45.5 Å². The Labute approximate surface area is 123 Å². The molecule has 1 unspecified atom stereocenters. The molecule has 0 aromatic heterocycles. The molecule has 1 aromatic rings. The van der Waals surface area contributed by atoms with E-state index in [1.54, 1.807) is 7.11 Å². The van der Waals surface area contributed by atoms with Gasteiger partial charge in [0.25, 0.3) is 0 Å². The second kappa shape index (κ2) is 7.21. The van der Waals surface area contributed by atoms with Gasteiger partial charge < -0.3 is 15.0 Å². The third kappa shape index (κ3) is 3.60. The molecule has 0 aliphatic carbocycles. The molecule has 0 saturated carbocycles. The highest BCUT2D eigenvalue weighted by molar-refractivity contribution is 5.27. The number of benzene rings is 1. The zero-order chi connectivity index (χ0) is 14.4. The van der Waals surface area contributed by atoms with Crippen LogP contribution in [-0.4, -0.2) is 51.3 Å². The number of hydrogen-bond donors (Lipinski definition) is 1. The summed E-state index contributed by atoms with van der Waals surface area (Å²) in [5.41, 5.74) is 1.77. The molecule has 1 aromatic carbocycles. The van der Waals surface area contributed by atoms with E-state index in [0.717, 1.165) is 26.2 Å². The zero-order valence-electron chi connectivity index (χ0n) is 13.1. The largest absolute Gasteiger partial charge is 0.383 e. The molecular formula is C17H28N2O. The molecule has 1 fully saturated rings. The number of methoxy groups -OCH3 is 1. The molecule has 3 nitrogen and oxygen atoms in total. The van der Waals surface area contributed by atoms with Crippen molar-refractivity contribution in [3.63, 3.8) is 0 Å². The van der Waals surface area contributed by atoms with E-state index in [1.165, 1.54) is 18.4 Å². The first-order valence-electron chi connectivity index (χ1n) is 7.63. The highest BCUT2D eigenvalue weighted by atomic mass is 16.5. The number of ether oxygens (including phenoxy) is 1. The summed E-state index contributed by atoms with van der Waals surface area (Å²) in [7, 11) is 4.00. The zero-order valence-corrected chi connectivity index (χ0v) is 13.1. The maximum atomic E-state index is 5.30. The van der Waals surface area contributed by atoms with Crippen LogP contribution in [-0.2, 0) is 10.2 Å². The molecule has 0 bridgehead atoms. The van der Waals surface area contributed by atoms with Gasteiger partial charge in [-0.1, -0.05) is 30.3 Å². The fourth-order valence-electron chi connectivity index (χ4n) is 3.24. The standard InChI is InChI=1S/C17H28N2O/c1-15(13-20-3)19(2)14-17(9-11-18-12-10-17)16-7-5-4-6-8-16/h4-8,15,18H,9-14H2,1-3H3. The first-order chi connectivity index (χ1) is 9.68. The summed E-state index contributed by atoms with van der Waals surface area (Å²) in [6, 6.07) is 11.5. The average Bonchev–Trinajstić information content (AvgIpc) is 2.49. The second-order valence-electron chi connectivity index (χ2n) is 6.12. The monoisotopic (exact) mass is 276 g/mol. The summed E-state index contributed by atoms with van der Waals surface area (Å²) in [5, 5.41) is 3.49. The van der Waals surface area contributed by atoms with Crippen LogP contribution < -0.4 is 5.32 Å². The van der Waals surface area contributed by atoms with Crippen molar-refractivity contribution in [2.24, 2.45) is 0 Å². The van der Waals surface area contributed by atoms with Crippen molar-refractivity contribution in [1.82, 2.24) is 10.2 Å². The Morgan fingerprint density at radius 1 is 1.25 bits per heavy atom. The Bertz CT molecular complexity index is 387. The molecular weight excluding hydrogens is 248 g/mol. The van der Waals surface area contributed by atoms with Gasteiger partial charge in [-0.15, -0.1) is 0 Å². The maximum Gasteiger partial charge on any atom is 0.0615 e. The smallest absolute Gasteiger partial charge is 0.0615 e. The quantitative estimate of drug-likeness (QED) is 0.862. The number of nitrogens with one attached hydrogen (secondary N) is 1. The molecule has 0 spiro atoms. The number of hydrogen-bond acceptors (Lipinski definition) is 3. The molecule has 1 atom stereocenters. The molecule has 0 radical (unpaired) electrons. The normalized spacial score (nSPS) is 20.0. The van der Waals surface area contributed by atoms with Crippen molar-refractivity contribution in [3.8, 4) is 0 Å². The molecule has 0 amide bonds. The predicted molar refractivity (Wildman–Crippen MR) is 84.2 cm³/mol. The Kier molecular flexibility index (Phi) is 5.58. The number of rotatable bonds is 6. The van der Waals surface area contributed by atoms with Gasteiger partial charge in [0.1, 0.15) is 0 Å². The van der Waals surface area contributed by atoms with Gasteiger partial charge in [-0.25, -0.2) is 0 Å². The number of nitrogens with zero attached hydrogens (tertiary/aromatic N) is 1. The lowest BCUT2D eigenvalue weighted by Crippen LogP contribution is -2.49. The Morgan fingerprint density at radius 3 is 2.50 bits per heavy atom. The predicted octanol–water partition coefficient (Wildman–Crippen LogP) is 2.27. The first kappa shape index (κ1) is 15.5. The van der Waals surface area contributed by atoms with Crippen molar-refractivity contribution in [2.75, 3.05) is 40.4 Å². The molecule has 20 heavy (non-hydrogen) atoms. The lowest BCUT2D eigenvalue weighted by Gasteiger charge is -2.42. The molecule has 112 valence electrons. The van der Waals surface area contributed by atoms with Crippen molar-refractivity contribution in [3.05, 3.63) is 35.9 Å². The van der Waals surface area contributed by atoms with Crippen molar-refractivity contribution in [1.29, 1.82) is 0 Å². The molecule has 1 N–H and O–H groups in total. The van der Waals surface area contributed by atoms with Gasteiger partial charge in [0.15, 0.2) is 0 Å². The van der Waals surface area contributed by atoms with E-state index in [4.69, 9.17) is 4.74 Å². The summed E-state index contributed by atoms with van der Waals surface area (Å²) in [5.74, 6) is 0. The Morgan fingerprint density at radius 2 is 1.90 bits per heavy atom. The van der Waals surface area contributed by atoms with Crippen LogP contribution in [0.25, 0.3) is 0 Å². The van der Waals surface area contributed by atoms with Crippen LogP contribution in [0.15, 0.2) is 30.3 Å². The average molecular weight is 276 g/mol. The SMILES string of the molecule is COCC(C)N(C)CC1(c2ccccc2)CCNCC1. The fraction of sp³-hybridized carbons (Fsp3) is 0.647. The van der Waals surface area contributed by atoms with Crippen LogP contribution in [0.4, 0.5) is 0 Å². The Balaban J connectivity index is 2.15. The lowest BCUT2D eigenvalue weighted by atomic mass is 9.72. The van der Waals surface area contributed by atoms with Gasteiger partial charge in [0.05, 0.1) is 6.61 Å². The van der Waals surface area contributed by atoms with E-state index in [-0.39, 0.29) is 5.41 Å². The lowest BCUT2D eigenvalue weighted by molar-refractivity contribution is 0.0920. The third-order valence-corrected chi connectivity index (χ3v) is 4.66. The van der Waals surface area contributed by atoms with Crippen molar-refractivity contribution in [2.45, 2.75) is 31.2 Å². The van der Waals surface area contributed by atoms with Gasteiger partial charge in [0.2, 0.25) is 0 Å². The molecule has 1 aliphatic heterocycles. The van der Waals surface area contributed by atoms with Gasteiger partial charge in [-0.3, -0.25) is 0 Å².